The van der Waals surface area contributed by atoms with Gasteiger partial charge < -0.3 is 4.74 Å². The van der Waals surface area contributed by atoms with Crippen molar-refractivity contribution in [3.63, 3.8) is 0 Å². The number of anilines is 1. The molecule has 2 aromatic carbocycles. The minimum absolute atomic E-state index is 0.158. The molecule has 2 aromatic rings. The van der Waals surface area contributed by atoms with Gasteiger partial charge in [0.25, 0.3) is 0 Å². The molecule has 6 nitrogen and oxygen atoms in total. The van der Waals surface area contributed by atoms with Crippen molar-refractivity contribution in [2.45, 2.75) is 31.3 Å². The van der Waals surface area contributed by atoms with E-state index in [1.54, 1.807) is 51.1 Å². The van der Waals surface area contributed by atoms with E-state index in [2.05, 4.69) is 10.0 Å². The molecule has 0 unspecified atom stereocenters. The van der Waals surface area contributed by atoms with Crippen LogP contribution in [-0.4, -0.2) is 27.2 Å². The SMILES string of the molecule is CNS(=O)(=O)c1cccc2c(NC(=O)OC(C)(C)C)cccc12. The quantitative estimate of drug-likeness (QED) is 0.902. The van der Waals surface area contributed by atoms with E-state index >= 15 is 0 Å². The van der Waals surface area contributed by atoms with Crippen LogP contribution in [0.5, 0.6) is 0 Å². The number of nitrogens with one attached hydrogen (secondary N) is 2. The number of carbonyl (C=O) groups excluding carboxylic acids is 1. The summed E-state index contributed by atoms with van der Waals surface area (Å²) in [5, 5.41) is 3.81. The maximum atomic E-state index is 12.1. The fourth-order valence-corrected chi connectivity index (χ4v) is 3.09. The number of hydrogen-bond donors (Lipinski definition) is 2. The van der Waals surface area contributed by atoms with E-state index in [9.17, 15) is 13.2 Å². The van der Waals surface area contributed by atoms with Crippen LogP contribution in [0.4, 0.5) is 10.5 Å². The second kappa shape index (κ2) is 6.17. The van der Waals surface area contributed by atoms with Crippen molar-refractivity contribution >= 4 is 32.6 Å². The molecular weight excluding hydrogens is 316 g/mol. The normalized spacial score (nSPS) is 12.2. The summed E-state index contributed by atoms with van der Waals surface area (Å²) >= 11 is 0. The average molecular weight is 336 g/mol. The van der Waals surface area contributed by atoms with Crippen molar-refractivity contribution in [1.82, 2.24) is 4.72 Å². The molecule has 124 valence electrons. The lowest BCUT2D eigenvalue weighted by Crippen LogP contribution is -2.27. The molecular formula is C16H20N2O4S. The number of ether oxygens (including phenoxy) is 1. The lowest BCUT2D eigenvalue weighted by molar-refractivity contribution is 0.0636. The maximum Gasteiger partial charge on any atom is 0.412 e. The Labute approximate surface area is 135 Å². The zero-order valence-electron chi connectivity index (χ0n) is 13.5. The number of fused-ring (bicyclic) bond motifs is 1. The Morgan fingerprint density at radius 3 is 2.26 bits per heavy atom. The van der Waals surface area contributed by atoms with Crippen LogP contribution in [0.15, 0.2) is 41.3 Å². The Morgan fingerprint density at radius 2 is 1.65 bits per heavy atom. The number of amides is 1. The summed E-state index contributed by atoms with van der Waals surface area (Å²) in [5.41, 5.74) is -0.125. The Hall–Kier alpha value is -2.12. The molecule has 0 aliphatic carbocycles. The van der Waals surface area contributed by atoms with Crippen LogP contribution in [0.2, 0.25) is 0 Å². The smallest absolute Gasteiger partial charge is 0.412 e. The summed E-state index contributed by atoms with van der Waals surface area (Å²) in [4.78, 5) is 12.1. The molecule has 23 heavy (non-hydrogen) atoms. The van der Waals surface area contributed by atoms with Crippen LogP contribution < -0.4 is 10.0 Å². The monoisotopic (exact) mass is 336 g/mol. The van der Waals surface area contributed by atoms with Gasteiger partial charge in [0.2, 0.25) is 10.0 Å². The van der Waals surface area contributed by atoms with Crippen molar-refractivity contribution in [1.29, 1.82) is 0 Å². The van der Waals surface area contributed by atoms with E-state index in [0.717, 1.165) is 0 Å². The molecule has 0 saturated heterocycles. The van der Waals surface area contributed by atoms with E-state index < -0.39 is 21.7 Å². The topological polar surface area (TPSA) is 84.5 Å². The molecule has 0 atom stereocenters. The molecule has 0 spiro atoms. The second-order valence-corrected chi connectivity index (χ2v) is 7.85. The van der Waals surface area contributed by atoms with Crippen LogP contribution in [0.3, 0.4) is 0 Å². The van der Waals surface area contributed by atoms with Gasteiger partial charge in [0, 0.05) is 10.8 Å². The summed E-state index contributed by atoms with van der Waals surface area (Å²) in [7, 11) is -2.23. The van der Waals surface area contributed by atoms with Gasteiger partial charge in [-0.2, -0.15) is 0 Å². The lowest BCUT2D eigenvalue weighted by Gasteiger charge is -2.20. The maximum absolute atomic E-state index is 12.1. The third-order valence-corrected chi connectivity index (χ3v) is 4.55. The largest absolute Gasteiger partial charge is 0.444 e. The summed E-state index contributed by atoms with van der Waals surface area (Å²) in [6.45, 7) is 5.31. The predicted molar refractivity (Wildman–Crippen MR) is 90.1 cm³/mol. The van der Waals surface area contributed by atoms with Gasteiger partial charge in [-0.25, -0.2) is 17.9 Å². The molecule has 0 bridgehead atoms. The first-order chi connectivity index (χ1) is 10.6. The van der Waals surface area contributed by atoms with Crippen LogP contribution >= 0.6 is 0 Å². The summed E-state index contributed by atoms with van der Waals surface area (Å²) in [6.07, 6.45) is -0.591. The van der Waals surface area contributed by atoms with Gasteiger partial charge in [-0.1, -0.05) is 24.3 Å². The molecule has 0 aromatic heterocycles. The van der Waals surface area contributed by atoms with Crippen molar-refractivity contribution in [2.24, 2.45) is 0 Å². The van der Waals surface area contributed by atoms with Crippen LogP contribution in [0, 0.1) is 0 Å². The van der Waals surface area contributed by atoms with E-state index in [0.29, 0.717) is 16.5 Å². The number of hydrogen-bond acceptors (Lipinski definition) is 4. The van der Waals surface area contributed by atoms with Gasteiger partial charge in [0.15, 0.2) is 0 Å². The zero-order chi connectivity index (χ0) is 17.3. The molecule has 0 aliphatic heterocycles. The van der Waals surface area contributed by atoms with Gasteiger partial charge in [-0.15, -0.1) is 0 Å². The van der Waals surface area contributed by atoms with E-state index in [4.69, 9.17) is 4.74 Å². The molecule has 7 heteroatoms. The minimum atomic E-state index is -3.59. The number of sulfonamides is 1. The highest BCUT2D eigenvalue weighted by Gasteiger charge is 2.19. The predicted octanol–water partition coefficient (Wildman–Crippen LogP) is 3.09. The average Bonchev–Trinajstić information content (AvgIpc) is 2.45. The first-order valence-electron chi connectivity index (χ1n) is 7.09. The van der Waals surface area contributed by atoms with Crippen molar-refractivity contribution in [3.05, 3.63) is 36.4 Å². The molecule has 2 rings (SSSR count). The summed E-state index contributed by atoms with van der Waals surface area (Å²) < 4.78 is 31.8. The van der Waals surface area contributed by atoms with Gasteiger partial charge in [0.05, 0.1) is 10.6 Å². The van der Waals surface area contributed by atoms with Crippen LogP contribution in [0.1, 0.15) is 20.8 Å². The number of rotatable bonds is 3. The highest BCUT2D eigenvalue weighted by Crippen LogP contribution is 2.29. The first-order valence-corrected chi connectivity index (χ1v) is 8.58. The lowest BCUT2D eigenvalue weighted by atomic mass is 10.1. The standard InChI is InChI=1S/C16H20N2O4S/c1-16(2,3)22-15(19)18-13-9-5-8-12-11(13)7-6-10-14(12)23(20,21)17-4/h5-10,17H,1-4H3,(H,18,19). The fourth-order valence-electron chi connectivity index (χ4n) is 2.15. The van der Waals surface area contributed by atoms with Gasteiger partial charge >= 0.3 is 6.09 Å². The van der Waals surface area contributed by atoms with Gasteiger partial charge in [0.1, 0.15) is 5.60 Å². The van der Waals surface area contributed by atoms with Gasteiger partial charge in [-0.05, 0) is 40.0 Å². The number of carbonyl (C=O) groups is 1. The molecule has 0 heterocycles. The highest BCUT2D eigenvalue weighted by molar-refractivity contribution is 7.89. The number of benzene rings is 2. The minimum Gasteiger partial charge on any atom is -0.444 e. The Kier molecular flexibility index (Phi) is 4.63. The van der Waals surface area contributed by atoms with Gasteiger partial charge in [-0.3, -0.25) is 5.32 Å². The van der Waals surface area contributed by atoms with Crippen molar-refractivity contribution < 1.29 is 17.9 Å². The highest BCUT2D eigenvalue weighted by atomic mass is 32.2. The summed E-state index contributed by atoms with van der Waals surface area (Å²) in [5.74, 6) is 0. The Bertz CT molecular complexity index is 839. The molecule has 1 amide bonds. The van der Waals surface area contributed by atoms with E-state index in [-0.39, 0.29) is 4.90 Å². The van der Waals surface area contributed by atoms with Crippen LogP contribution in [0.25, 0.3) is 10.8 Å². The molecule has 0 fully saturated rings. The first kappa shape index (κ1) is 17.2. The van der Waals surface area contributed by atoms with Crippen molar-refractivity contribution in [3.8, 4) is 0 Å². The molecule has 2 N–H and O–H groups in total. The third kappa shape index (κ3) is 4.00. The van der Waals surface area contributed by atoms with E-state index in [1.807, 2.05) is 0 Å². The summed E-state index contributed by atoms with van der Waals surface area (Å²) in [6, 6.07) is 9.97. The Morgan fingerprint density at radius 1 is 1.04 bits per heavy atom. The molecule has 0 radical (unpaired) electrons. The van der Waals surface area contributed by atoms with Crippen molar-refractivity contribution in [2.75, 3.05) is 12.4 Å². The van der Waals surface area contributed by atoms with Crippen LogP contribution in [-0.2, 0) is 14.8 Å². The van der Waals surface area contributed by atoms with E-state index in [1.165, 1.54) is 13.1 Å². The molecule has 0 saturated carbocycles. The molecule has 0 aliphatic rings. The second-order valence-electron chi connectivity index (χ2n) is 5.99. The zero-order valence-corrected chi connectivity index (χ0v) is 14.3. The fraction of sp³-hybridized carbons (Fsp3) is 0.312. The third-order valence-electron chi connectivity index (χ3n) is 3.08. The Balaban J connectivity index is 2.48.